The van der Waals surface area contributed by atoms with Gasteiger partial charge in [-0.25, -0.2) is 4.39 Å². The van der Waals surface area contributed by atoms with Crippen LogP contribution in [0.3, 0.4) is 0 Å². The fourth-order valence-corrected chi connectivity index (χ4v) is 3.07. The molecule has 0 unspecified atom stereocenters. The largest absolute Gasteiger partial charge is 0.493 e. The molecule has 2 aromatic carbocycles. The van der Waals surface area contributed by atoms with E-state index in [4.69, 9.17) is 25.8 Å². The number of nitrogens with zero attached hydrogens (tertiary/aromatic N) is 1. The number of methoxy groups -OCH3 is 1. The van der Waals surface area contributed by atoms with Crippen LogP contribution in [0.4, 0.5) is 4.39 Å². The lowest BCUT2D eigenvalue weighted by Gasteiger charge is -2.11. The van der Waals surface area contributed by atoms with Crippen LogP contribution in [-0.4, -0.2) is 15.5 Å². The first-order chi connectivity index (χ1) is 10.4. The highest BCUT2D eigenvalue weighted by molar-refractivity contribution is 7.87. The van der Waals surface area contributed by atoms with Crippen LogP contribution in [0.15, 0.2) is 41.3 Å². The van der Waals surface area contributed by atoms with E-state index < -0.39 is 20.8 Å². The molecular formula is C14H9ClFNO4S. The highest BCUT2D eigenvalue weighted by Gasteiger charge is 2.23. The molecule has 5 nitrogen and oxygen atoms in total. The SMILES string of the molecule is COc1cc(C#N)ccc1OS(=O)(=O)c1cc(F)ccc1Cl. The molecule has 0 aromatic heterocycles. The Bertz CT molecular complexity index is 862. The smallest absolute Gasteiger partial charge is 0.340 e. The number of nitriles is 1. The maximum absolute atomic E-state index is 13.2. The Morgan fingerprint density at radius 3 is 2.55 bits per heavy atom. The van der Waals surface area contributed by atoms with E-state index >= 15 is 0 Å². The third-order valence-corrected chi connectivity index (χ3v) is 4.37. The molecule has 0 aliphatic heterocycles. The molecule has 0 saturated heterocycles. The average Bonchev–Trinajstić information content (AvgIpc) is 2.49. The maximum atomic E-state index is 13.2. The first-order valence-electron chi connectivity index (χ1n) is 5.85. The lowest BCUT2D eigenvalue weighted by molar-refractivity contribution is 0.390. The molecule has 0 fully saturated rings. The number of hydrogen-bond donors (Lipinski definition) is 0. The first-order valence-corrected chi connectivity index (χ1v) is 7.63. The zero-order chi connectivity index (χ0) is 16.3. The predicted octanol–water partition coefficient (Wildman–Crippen LogP) is 3.13. The Kier molecular flexibility index (Phi) is 4.54. The van der Waals surface area contributed by atoms with Crippen LogP contribution < -0.4 is 8.92 Å². The van der Waals surface area contributed by atoms with Gasteiger partial charge < -0.3 is 8.92 Å². The van der Waals surface area contributed by atoms with Crippen LogP contribution in [0, 0.1) is 17.1 Å². The second kappa shape index (κ2) is 6.22. The van der Waals surface area contributed by atoms with Gasteiger partial charge in [-0.3, -0.25) is 0 Å². The van der Waals surface area contributed by atoms with Crippen molar-refractivity contribution < 1.29 is 21.7 Å². The van der Waals surface area contributed by atoms with E-state index in [9.17, 15) is 12.8 Å². The van der Waals surface area contributed by atoms with E-state index in [1.165, 1.54) is 25.3 Å². The normalized spacial score (nSPS) is 10.8. The van der Waals surface area contributed by atoms with Gasteiger partial charge in [-0.2, -0.15) is 13.7 Å². The second-order valence-corrected chi connectivity index (χ2v) is 6.01. The lowest BCUT2D eigenvalue weighted by Crippen LogP contribution is -2.11. The fraction of sp³-hybridized carbons (Fsp3) is 0.0714. The zero-order valence-electron chi connectivity index (χ0n) is 11.2. The summed E-state index contributed by atoms with van der Waals surface area (Å²) in [5, 5.41) is 8.63. The van der Waals surface area contributed by atoms with E-state index in [2.05, 4.69) is 0 Å². The second-order valence-electron chi connectivity index (χ2n) is 4.09. The van der Waals surface area contributed by atoms with E-state index in [0.717, 1.165) is 18.2 Å². The van der Waals surface area contributed by atoms with E-state index in [1.54, 1.807) is 0 Å². The van der Waals surface area contributed by atoms with Gasteiger partial charge in [0.05, 0.1) is 23.8 Å². The first kappa shape index (κ1) is 16.1. The van der Waals surface area contributed by atoms with E-state index in [1.807, 2.05) is 6.07 Å². The summed E-state index contributed by atoms with van der Waals surface area (Å²) < 4.78 is 47.5. The summed E-state index contributed by atoms with van der Waals surface area (Å²) in [6.45, 7) is 0. The van der Waals surface area contributed by atoms with Crippen LogP contribution in [0.2, 0.25) is 5.02 Å². The van der Waals surface area contributed by atoms with Crippen molar-refractivity contribution in [2.45, 2.75) is 4.90 Å². The van der Waals surface area contributed by atoms with Crippen molar-refractivity contribution in [2.75, 3.05) is 7.11 Å². The third kappa shape index (κ3) is 3.30. The third-order valence-electron chi connectivity index (χ3n) is 2.65. The molecule has 0 spiro atoms. The monoisotopic (exact) mass is 341 g/mol. The van der Waals surface area contributed by atoms with E-state index in [0.29, 0.717) is 0 Å². The Labute approximate surface area is 131 Å². The Morgan fingerprint density at radius 2 is 1.91 bits per heavy atom. The summed E-state index contributed by atoms with van der Waals surface area (Å²) in [7, 11) is -3.06. The molecule has 0 atom stereocenters. The quantitative estimate of drug-likeness (QED) is 0.798. The van der Waals surface area contributed by atoms with E-state index in [-0.39, 0.29) is 22.1 Å². The Morgan fingerprint density at radius 1 is 1.18 bits per heavy atom. The van der Waals surface area contributed by atoms with Crippen molar-refractivity contribution in [2.24, 2.45) is 0 Å². The number of ether oxygens (including phenoxy) is 1. The van der Waals surface area contributed by atoms with Gasteiger partial charge in [0.15, 0.2) is 11.5 Å². The fourth-order valence-electron chi connectivity index (χ4n) is 1.64. The molecule has 22 heavy (non-hydrogen) atoms. The van der Waals surface area contributed by atoms with Crippen LogP contribution in [0.1, 0.15) is 5.56 Å². The summed E-state index contributed by atoms with van der Waals surface area (Å²) >= 11 is 5.77. The molecule has 0 heterocycles. The molecule has 0 amide bonds. The van der Waals surface area contributed by atoms with Crippen LogP contribution in [0.5, 0.6) is 11.5 Å². The summed E-state index contributed by atoms with van der Waals surface area (Å²) in [4.78, 5) is -0.499. The van der Waals surface area contributed by atoms with Gasteiger partial charge in [-0.1, -0.05) is 11.6 Å². The van der Waals surface area contributed by atoms with Crippen LogP contribution in [-0.2, 0) is 10.1 Å². The summed E-state index contributed by atoms with van der Waals surface area (Å²) in [6, 6.07) is 8.73. The molecule has 0 aliphatic rings. The minimum Gasteiger partial charge on any atom is -0.493 e. The number of benzene rings is 2. The topological polar surface area (TPSA) is 76.4 Å². The van der Waals surface area contributed by atoms with Crippen molar-refractivity contribution in [3.05, 3.63) is 52.8 Å². The maximum Gasteiger partial charge on any atom is 0.340 e. The standard InChI is InChI=1S/C14H9ClFNO4S/c1-20-13-6-9(8-17)2-5-12(13)21-22(18,19)14-7-10(16)3-4-11(14)15/h2-7H,1H3. The Balaban J connectivity index is 2.45. The molecule has 0 bridgehead atoms. The predicted molar refractivity (Wildman–Crippen MR) is 76.9 cm³/mol. The average molecular weight is 342 g/mol. The molecule has 0 aliphatic carbocycles. The number of rotatable bonds is 4. The van der Waals surface area contributed by atoms with Gasteiger partial charge in [-0.15, -0.1) is 0 Å². The Hall–Kier alpha value is -2.30. The molecule has 0 N–H and O–H groups in total. The minimum absolute atomic E-state index is 0.0511. The van der Waals surface area contributed by atoms with Gasteiger partial charge in [-0.05, 0) is 30.3 Å². The van der Waals surface area contributed by atoms with Gasteiger partial charge in [0, 0.05) is 6.07 Å². The van der Waals surface area contributed by atoms with Crippen LogP contribution in [0.25, 0.3) is 0 Å². The highest BCUT2D eigenvalue weighted by atomic mass is 35.5. The van der Waals surface area contributed by atoms with Crippen molar-refractivity contribution in [1.29, 1.82) is 5.26 Å². The van der Waals surface area contributed by atoms with Gasteiger partial charge >= 0.3 is 10.1 Å². The highest BCUT2D eigenvalue weighted by Crippen LogP contribution is 2.32. The molecule has 8 heteroatoms. The lowest BCUT2D eigenvalue weighted by atomic mass is 10.2. The van der Waals surface area contributed by atoms with Gasteiger partial charge in [0.1, 0.15) is 10.7 Å². The van der Waals surface area contributed by atoms with Gasteiger partial charge in [0.25, 0.3) is 0 Å². The molecule has 2 aromatic rings. The molecule has 114 valence electrons. The van der Waals surface area contributed by atoms with Gasteiger partial charge in [0.2, 0.25) is 0 Å². The summed E-state index contributed by atoms with van der Waals surface area (Å²) in [5.74, 6) is -0.852. The number of halogens is 2. The number of hydrogen-bond acceptors (Lipinski definition) is 5. The van der Waals surface area contributed by atoms with Crippen LogP contribution >= 0.6 is 11.6 Å². The summed E-state index contributed by atoms with van der Waals surface area (Å²) in [6.07, 6.45) is 0. The summed E-state index contributed by atoms with van der Waals surface area (Å²) in [5.41, 5.74) is 0.269. The van der Waals surface area contributed by atoms with Crippen molar-refractivity contribution in [1.82, 2.24) is 0 Å². The molecule has 2 rings (SSSR count). The van der Waals surface area contributed by atoms with Crippen molar-refractivity contribution >= 4 is 21.7 Å². The minimum atomic E-state index is -4.35. The molecule has 0 saturated carbocycles. The van der Waals surface area contributed by atoms with Crippen molar-refractivity contribution in [3.63, 3.8) is 0 Å². The van der Waals surface area contributed by atoms with Crippen molar-refractivity contribution in [3.8, 4) is 17.6 Å². The zero-order valence-corrected chi connectivity index (χ0v) is 12.8. The molecular weight excluding hydrogens is 333 g/mol. The molecule has 0 radical (unpaired) electrons.